The van der Waals surface area contributed by atoms with E-state index in [2.05, 4.69) is 61.3 Å². The van der Waals surface area contributed by atoms with Crippen molar-refractivity contribution in [3.8, 4) is 0 Å². The lowest BCUT2D eigenvalue weighted by Crippen LogP contribution is -2.27. The highest BCUT2D eigenvalue weighted by atomic mass is 32.2. The molecule has 1 amide bonds. The van der Waals surface area contributed by atoms with Gasteiger partial charge in [-0.05, 0) is 42.8 Å². The molecule has 0 unspecified atom stereocenters. The van der Waals surface area contributed by atoms with Crippen LogP contribution in [0, 0.1) is 6.92 Å². The SMILES string of the molecule is CCN(CC)Cc1ccccc1CNC(=O)CSc1ccccc1C. The van der Waals surface area contributed by atoms with Gasteiger partial charge in [-0.1, -0.05) is 56.3 Å². The van der Waals surface area contributed by atoms with E-state index in [9.17, 15) is 4.79 Å². The number of carbonyl (C=O) groups is 1. The maximum Gasteiger partial charge on any atom is 0.230 e. The molecule has 0 bridgehead atoms. The number of nitrogens with zero attached hydrogens (tertiary/aromatic N) is 1. The number of nitrogens with one attached hydrogen (secondary N) is 1. The first-order valence-electron chi connectivity index (χ1n) is 8.88. The van der Waals surface area contributed by atoms with Gasteiger partial charge in [0, 0.05) is 18.0 Å². The Morgan fingerprint density at radius 3 is 2.32 bits per heavy atom. The Hall–Kier alpha value is -1.78. The summed E-state index contributed by atoms with van der Waals surface area (Å²) in [5, 5.41) is 3.06. The van der Waals surface area contributed by atoms with E-state index < -0.39 is 0 Å². The van der Waals surface area contributed by atoms with Crippen molar-refractivity contribution in [3.63, 3.8) is 0 Å². The summed E-state index contributed by atoms with van der Waals surface area (Å²) >= 11 is 1.59. The number of thioether (sulfide) groups is 1. The van der Waals surface area contributed by atoms with Gasteiger partial charge in [0.05, 0.1) is 5.75 Å². The van der Waals surface area contributed by atoms with Crippen molar-refractivity contribution in [1.29, 1.82) is 0 Å². The van der Waals surface area contributed by atoms with Crippen molar-refractivity contribution in [2.24, 2.45) is 0 Å². The van der Waals surface area contributed by atoms with E-state index in [1.807, 2.05) is 18.2 Å². The van der Waals surface area contributed by atoms with E-state index in [0.29, 0.717) is 12.3 Å². The van der Waals surface area contributed by atoms with Gasteiger partial charge in [-0.25, -0.2) is 0 Å². The monoisotopic (exact) mass is 356 g/mol. The second-order valence-corrected chi connectivity index (χ2v) is 7.08. The highest BCUT2D eigenvalue weighted by Gasteiger charge is 2.08. The molecule has 3 nitrogen and oxygen atoms in total. The Bertz CT molecular complexity index is 683. The van der Waals surface area contributed by atoms with Gasteiger partial charge in [0.25, 0.3) is 0 Å². The van der Waals surface area contributed by atoms with E-state index in [-0.39, 0.29) is 5.91 Å². The third kappa shape index (κ3) is 6.22. The molecule has 4 heteroatoms. The van der Waals surface area contributed by atoms with Gasteiger partial charge in [-0.15, -0.1) is 11.8 Å². The lowest BCUT2D eigenvalue weighted by molar-refractivity contribution is -0.118. The summed E-state index contributed by atoms with van der Waals surface area (Å²) in [4.78, 5) is 15.8. The van der Waals surface area contributed by atoms with Crippen molar-refractivity contribution in [2.75, 3.05) is 18.8 Å². The minimum Gasteiger partial charge on any atom is -0.351 e. The largest absolute Gasteiger partial charge is 0.351 e. The molecule has 2 aromatic rings. The Labute approximate surface area is 155 Å². The normalized spacial score (nSPS) is 10.9. The molecule has 134 valence electrons. The zero-order chi connectivity index (χ0) is 18.1. The maximum atomic E-state index is 12.2. The van der Waals surface area contributed by atoms with Crippen molar-refractivity contribution < 1.29 is 4.79 Å². The molecule has 0 aliphatic carbocycles. The number of aryl methyl sites for hydroxylation is 1. The standard InChI is InChI=1S/C21H28N2OS/c1-4-23(5-2)15-19-12-8-7-11-18(19)14-22-21(24)16-25-20-13-9-6-10-17(20)3/h6-13H,4-5,14-16H2,1-3H3,(H,22,24). The minimum atomic E-state index is 0.0749. The lowest BCUT2D eigenvalue weighted by Gasteiger charge is -2.20. The third-order valence-corrected chi connectivity index (χ3v) is 5.51. The first kappa shape index (κ1) is 19.5. The smallest absolute Gasteiger partial charge is 0.230 e. The molecular formula is C21H28N2OS. The molecule has 0 spiro atoms. The molecule has 0 heterocycles. The van der Waals surface area contributed by atoms with E-state index in [1.54, 1.807) is 11.8 Å². The zero-order valence-corrected chi connectivity index (χ0v) is 16.2. The Kier molecular flexibility index (Phi) is 8.02. The first-order valence-corrected chi connectivity index (χ1v) is 9.86. The van der Waals surface area contributed by atoms with Gasteiger partial charge in [-0.2, -0.15) is 0 Å². The Balaban J connectivity index is 1.88. The number of amides is 1. The van der Waals surface area contributed by atoms with E-state index in [0.717, 1.165) is 19.6 Å². The number of benzene rings is 2. The molecule has 0 aliphatic rings. The van der Waals surface area contributed by atoms with Crippen LogP contribution in [0.15, 0.2) is 53.4 Å². The first-order chi connectivity index (χ1) is 12.1. The highest BCUT2D eigenvalue weighted by Crippen LogP contribution is 2.21. The molecule has 0 fully saturated rings. The Morgan fingerprint density at radius 1 is 1.00 bits per heavy atom. The molecule has 0 radical (unpaired) electrons. The van der Waals surface area contributed by atoms with Crippen LogP contribution in [-0.2, 0) is 17.9 Å². The second kappa shape index (κ2) is 10.3. The zero-order valence-electron chi connectivity index (χ0n) is 15.4. The fourth-order valence-electron chi connectivity index (χ4n) is 2.68. The van der Waals surface area contributed by atoms with Crippen LogP contribution in [0.2, 0.25) is 0 Å². The summed E-state index contributed by atoms with van der Waals surface area (Å²) in [5.74, 6) is 0.522. The molecular weight excluding hydrogens is 328 g/mol. The lowest BCUT2D eigenvalue weighted by atomic mass is 10.1. The summed E-state index contributed by atoms with van der Waals surface area (Å²) in [6.45, 7) is 10.0. The van der Waals surface area contributed by atoms with E-state index >= 15 is 0 Å². The maximum absolute atomic E-state index is 12.2. The second-order valence-electron chi connectivity index (χ2n) is 6.06. The van der Waals surface area contributed by atoms with Crippen LogP contribution in [0.1, 0.15) is 30.5 Å². The van der Waals surface area contributed by atoms with Crippen LogP contribution in [0.3, 0.4) is 0 Å². The molecule has 0 saturated heterocycles. The van der Waals surface area contributed by atoms with Crippen LogP contribution in [0.4, 0.5) is 0 Å². The van der Waals surface area contributed by atoms with Crippen molar-refractivity contribution in [1.82, 2.24) is 10.2 Å². The molecule has 0 saturated carbocycles. The van der Waals surface area contributed by atoms with Crippen molar-refractivity contribution >= 4 is 17.7 Å². The van der Waals surface area contributed by atoms with Crippen molar-refractivity contribution in [3.05, 3.63) is 65.2 Å². The summed E-state index contributed by atoms with van der Waals surface area (Å²) in [6, 6.07) is 16.5. The molecule has 1 N–H and O–H groups in total. The summed E-state index contributed by atoms with van der Waals surface area (Å²) in [6.07, 6.45) is 0. The quantitative estimate of drug-likeness (QED) is 0.682. The number of rotatable bonds is 9. The minimum absolute atomic E-state index is 0.0749. The average molecular weight is 357 g/mol. The molecule has 2 rings (SSSR count). The fraction of sp³-hybridized carbons (Fsp3) is 0.381. The predicted molar refractivity (Wildman–Crippen MR) is 107 cm³/mol. The highest BCUT2D eigenvalue weighted by molar-refractivity contribution is 8.00. The molecule has 0 aromatic heterocycles. The van der Waals surface area contributed by atoms with Crippen LogP contribution in [-0.4, -0.2) is 29.6 Å². The van der Waals surface area contributed by atoms with Gasteiger partial charge >= 0.3 is 0 Å². The van der Waals surface area contributed by atoms with Crippen LogP contribution in [0.25, 0.3) is 0 Å². The van der Waals surface area contributed by atoms with Crippen LogP contribution < -0.4 is 5.32 Å². The number of carbonyl (C=O) groups excluding carboxylic acids is 1. The number of hydrogen-bond donors (Lipinski definition) is 1. The molecule has 25 heavy (non-hydrogen) atoms. The van der Waals surface area contributed by atoms with E-state index in [1.165, 1.54) is 21.6 Å². The average Bonchev–Trinajstić information content (AvgIpc) is 2.64. The van der Waals surface area contributed by atoms with Gasteiger partial charge in [0.1, 0.15) is 0 Å². The van der Waals surface area contributed by atoms with E-state index in [4.69, 9.17) is 0 Å². The van der Waals surface area contributed by atoms with Crippen molar-refractivity contribution in [2.45, 2.75) is 38.8 Å². The molecule has 0 aliphatic heterocycles. The van der Waals surface area contributed by atoms with Crippen LogP contribution >= 0.6 is 11.8 Å². The third-order valence-electron chi connectivity index (χ3n) is 4.34. The summed E-state index contributed by atoms with van der Waals surface area (Å²) in [7, 11) is 0. The van der Waals surface area contributed by atoms with Gasteiger partial charge in [0.2, 0.25) is 5.91 Å². The van der Waals surface area contributed by atoms with Gasteiger partial charge < -0.3 is 5.32 Å². The predicted octanol–water partition coefficient (Wildman–Crippen LogP) is 4.25. The fourth-order valence-corrected chi connectivity index (χ4v) is 3.54. The molecule has 2 aromatic carbocycles. The summed E-state index contributed by atoms with van der Waals surface area (Å²) in [5.41, 5.74) is 3.70. The van der Waals surface area contributed by atoms with Crippen LogP contribution in [0.5, 0.6) is 0 Å². The van der Waals surface area contributed by atoms with Gasteiger partial charge in [0.15, 0.2) is 0 Å². The summed E-state index contributed by atoms with van der Waals surface area (Å²) < 4.78 is 0. The topological polar surface area (TPSA) is 32.3 Å². The Morgan fingerprint density at radius 2 is 1.64 bits per heavy atom. The number of hydrogen-bond acceptors (Lipinski definition) is 3. The molecule has 0 atom stereocenters. The van der Waals surface area contributed by atoms with Gasteiger partial charge in [-0.3, -0.25) is 9.69 Å².